The van der Waals surface area contributed by atoms with Crippen LogP contribution in [0, 0.1) is 11.6 Å². The summed E-state index contributed by atoms with van der Waals surface area (Å²) in [6, 6.07) is 3.30. The summed E-state index contributed by atoms with van der Waals surface area (Å²) < 4.78 is 26.5. The molecule has 2 rings (SSSR count). The lowest BCUT2D eigenvalue weighted by molar-refractivity contribution is 0.0694. The molecule has 0 spiro atoms. The third kappa shape index (κ3) is 3.59. The molecular formula is C15H14F2N2O2. The van der Waals surface area contributed by atoms with Gasteiger partial charge in [0.1, 0.15) is 17.5 Å². The van der Waals surface area contributed by atoms with Crippen LogP contribution in [0.5, 0.6) is 0 Å². The van der Waals surface area contributed by atoms with E-state index in [1.807, 2.05) is 6.92 Å². The summed E-state index contributed by atoms with van der Waals surface area (Å²) in [5.41, 5.74) is 0.750. The highest BCUT2D eigenvalue weighted by molar-refractivity contribution is 5.88. The van der Waals surface area contributed by atoms with E-state index in [-0.39, 0.29) is 17.5 Å². The van der Waals surface area contributed by atoms with Gasteiger partial charge in [0.25, 0.3) is 0 Å². The normalized spacial score (nSPS) is 10.6. The number of hydrogen-bond acceptors (Lipinski definition) is 3. The Kier molecular flexibility index (Phi) is 4.57. The van der Waals surface area contributed by atoms with E-state index < -0.39 is 17.6 Å². The summed E-state index contributed by atoms with van der Waals surface area (Å²) in [4.78, 5) is 19.2. The highest BCUT2D eigenvalue weighted by atomic mass is 19.1. The zero-order valence-electron chi connectivity index (χ0n) is 11.4. The fraction of sp³-hybridized carbons (Fsp3) is 0.267. The monoisotopic (exact) mass is 292 g/mol. The van der Waals surface area contributed by atoms with Gasteiger partial charge in [0.05, 0.1) is 11.3 Å². The SMILES string of the molecule is CCCc1nc(Cc2ccc(F)cc2F)ncc1C(=O)O. The van der Waals surface area contributed by atoms with Crippen molar-refractivity contribution in [2.24, 2.45) is 0 Å². The summed E-state index contributed by atoms with van der Waals surface area (Å²) in [6.07, 6.45) is 2.56. The molecule has 0 fully saturated rings. The number of aromatic carboxylic acids is 1. The maximum Gasteiger partial charge on any atom is 0.339 e. The van der Waals surface area contributed by atoms with Crippen LogP contribution < -0.4 is 0 Å². The second-order valence-corrected chi connectivity index (χ2v) is 4.61. The molecule has 1 N–H and O–H groups in total. The maximum absolute atomic E-state index is 13.6. The molecule has 1 aromatic carbocycles. The molecular weight excluding hydrogens is 278 g/mol. The molecule has 0 amide bonds. The Morgan fingerprint density at radius 3 is 2.71 bits per heavy atom. The zero-order chi connectivity index (χ0) is 15.4. The first-order valence-electron chi connectivity index (χ1n) is 6.53. The van der Waals surface area contributed by atoms with Crippen molar-refractivity contribution >= 4 is 5.97 Å². The zero-order valence-corrected chi connectivity index (χ0v) is 11.4. The number of halogens is 2. The molecule has 6 heteroatoms. The number of aromatic nitrogens is 2. The number of benzene rings is 1. The first-order valence-corrected chi connectivity index (χ1v) is 6.53. The summed E-state index contributed by atoms with van der Waals surface area (Å²) >= 11 is 0. The number of rotatable bonds is 5. The van der Waals surface area contributed by atoms with E-state index in [2.05, 4.69) is 9.97 Å². The van der Waals surface area contributed by atoms with Crippen molar-refractivity contribution in [1.29, 1.82) is 0 Å². The predicted molar refractivity (Wildman–Crippen MR) is 72.2 cm³/mol. The second-order valence-electron chi connectivity index (χ2n) is 4.61. The molecule has 0 saturated carbocycles. The second kappa shape index (κ2) is 6.39. The molecule has 0 aliphatic rings. The minimum atomic E-state index is -1.09. The van der Waals surface area contributed by atoms with Crippen LogP contribution in [0.4, 0.5) is 8.78 Å². The van der Waals surface area contributed by atoms with Crippen LogP contribution in [-0.4, -0.2) is 21.0 Å². The number of nitrogens with zero attached hydrogens (tertiary/aromatic N) is 2. The molecule has 110 valence electrons. The van der Waals surface area contributed by atoms with Gasteiger partial charge in [-0.05, 0) is 18.1 Å². The standard InChI is InChI=1S/C15H14F2N2O2/c1-2-3-13-11(15(20)21)8-18-14(19-13)6-9-4-5-10(16)7-12(9)17/h4-5,7-8H,2-3,6H2,1H3,(H,20,21). The number of carboxylic acid groups (broad SMARTS) is 1. The van der Waals surface area contributed by atoms with Crippen molar-refractivity contribution in [3.05, 3.63) is 58.7 Å². The lowest BCUT2D eigenvalue weighted by atomic mass is 10.1. The lowest BCUT2D eigenvalue weighted by Crippen LogP contribution is -2.09. The van der Waals surface area contributed by atoms with E-state index in [0.29, 0.717) is 17.9 Å². The Bertz CT molecular complexity index is 675. The van der Waals surface area contributed by atoms with Gasteiger partial charge in [-0.25, -0.2) is 23.5 Å². The van der Waals surface area contributed by atoms with Gasteiger partial charge < -0.3 is 5.11 Å². The largest absolute Gasteiger partial charge is 0.478 e. The molecule has 21 heavy (non-hydrogen) atoms. The molecule has 0 atom stereocenters. The van der Waals surface area contributed by atoms with E-state index in [9.17, 15) is 13.6 Å². The molecule has 0 aliphatic heterocycles. The Hall–Kier alpha value is -2.37. The van der Waals surface area contributed by atoms with E-state index in [1.54, 1.807) is 0 Å². The van der Waals surface area contributed by atoms with Crippen molar-refractivity contribution < 1.29 is 18.7 Å². The van der Waals surface area contributed by atoms with Crippen LogP contribution in [-0.2, 0) is 12.8 Å². The van der Waals surface area contributed by atoms with Crippen molar-refractivity contribution in [2.45, 2.75) is 26.2 Å². The van der Waals surface area contributed by atoms with E-state index in [1.165, 1.54) is 12.3 Å². The van der Waals surface area contributed by atoms with E-state index in [4.69, 9.17) is 5.11 Å². The van der Waals surface area contributed by atoms with Gasteiger partial charge in [-0.1, -0.05) is 19.4 Å². The quantitative estimate of drug-likeness (QED) is 0.920. The molecule has 0 unspecified atom stereocenters. The summed E-state index contributed by atoms with van der Waals surface area (Å²) in [6.45, 7) is 1.91. The Morgan fingerprint density at radius 1 is 1.33 bits per heavy atom. The Labute approximate surface area is 120 Å². The van der Waals surface area contributed by atoms with Gasteiger partial charge in [0.2, 0.25) is 0 Å². The minimum absolute atomic E-state index is 0.0557. The van der Waals surface area contributed by atoms with Gasteiger partial charge in [-0.3, -0.25) is 0 Å². The summed E-state index contributed by atoms with van der Waals surface area (Å²) in [5.74, 6) is -2.09. The first kappa shape index (κ1) is 15.0. The average Bonchev–Trinajstić information content (AvgIpc) is 2.42. The van der Waals surface area contributed by atoms with Gasteiger partial charge >= 0.3 is 5.97 Å². The third-order valence-corrected chi connectivity index (χ3v) is 3.00. The Morgan fingerprint density at radius 2 is 2.10 bits per heavy atom. The van der Waals surface area contributed by atoms with Crippen molar-refractivity contribution in [2.75, 3.05) is 0 Å². The van der Waals surface area contributed by atoms with Gasteiger partial charge in [0.15, 0.2) is 0 Å². The van der Waals surface area contributed by atoms with Crippen LogP contribution in [0.15, 0.2) is 24.4 Å². The molecule has 4 nitrogen and oxygen atoms in total. The molecule has 0 bridgehead atoms. The summed E-state index contributed by atoms with van der Waals surface area (Å²) in [5, 5.41) is 9.07. The average molecular weight is 292 g/mol. The van der Waals surface area contributed by atoms with Crippen LogP contribution in [0.3, 0.4) is 0 Å². The van der Waals surface area contributed by atoms with Crippen molar-refractivity contribution in [3.8, 4) is 0 Å². The maximum atomic E-state index is 13.6. The predicted octanol–water partition coefficient (Wildman–Crippen LogP) is 3.00. The number of aryl methyl sites for hydroxylation is 1. The highest BCUT2D eigenvalue weighted by Crippen LogP contribution is 2.15. The summed E-state index contributed by atoms with van der Waals surface area (Å²) in [7, 11) is 0. The molecule has 0 saturated heterocycles. The number of hydrogen-bond donors (Lipinski definition) is 1. The molecule has 2 aromatic rings. The molecule has 0 aliphatic carbocycles. The van der Waals surface area contributed by atoms with Crippen LogP contribution in [0.25, 0.3) is 0 Å². The Balaban J connectivity index is 2.32. The number of carbonyl (C=O) groups is 1. The first-order chi connectivity index (χ1) is 10.0. The number of carboxylic acids is 1. The smallest absolute Gasteiger partial charge is 0.339 e. The molecule has 1 heterocycles. The van der Waals surface area contributed by atoms with Crippen LogP contribution in [0.2, 0.25) is 0 Å². The lowest BCUT2D eigenvalue weighted by Gasteiger charge is -2.07. The van der Waals surface area contributed by atoms with Crippen molar-refractivity contribution in [3.63, 3.8) is 0 Å². The van der Waals surface area contributed by atoms with Gasteiger partial charge in [-0.15, -0.1) is 0 Å². The minimum Gasteiger partial charge on any atom is -0.478 e. The van der Waals surface area contributed by atoms with Gasteiger partial charge in [-0.2, -0.15) is 0 Å². The molecule has 1 aromatic heterocycles. The topological polar surface area (TPSA) is 63.1 Å². The fourth-order valence-corrected chi connectivity index (χ4v) is 1.99. The van der Waals surface area contributed by atoms with Gasteiger partial charge in [0, 0.05) is 18.7 Å². The fourth-order valence-electron chi connectivity index (χ4n) is 1.99. The van der Waals surface area contributed by atoms with Crippen molar-refractivity contribution in [1.82, 2.24) is 9.97 Å². The van der Waals surface area contributed by atoms with E-state index >= 15 is 0 Å². The molecule has 0 radical (unpaired) electrons. The highest BCUT2D eigenvalue weighted by Gasteiger charge is 2.14. The van der Waals surface area contributed by atoms with Crippen LogP contribution in [0.1, 0.15) is 40.8 Å². The third-order valence-electron chi connectivity index (χ3n) is 3.00. The van der Waals surface area contributed by atoms with E-state index in [0.717, 1.165) is 18.6 Å². The van der Waals surface area contributed by atoms with Crippen LogP contribution >= 0.6 is 0 Å².